The van der Waals surface area contributed by atoms with E-state index in [0.29, 0.717) is 11.3 Å². The number of carbonyl (C=O) groups is 2. The van der Waals surface area contributed by atoms with Crippen molar-refractivity contribution in [1.29, 1.82) is 0 Å². The van der Waals surface area contributed by atoms with Crippen LogP contribution in [0.4, 0.5) is 15.8 Å². The van der Waals surface area contributed by atoms with Crippen molar-refractivity contribution in [1.82, 2.24) is 0 Å². The van der Waals surface area contributed by atoms with Crippen LogP contribution in [0.3, 0.4) is 0 Å². The largest absolute Gasteiger partial charge is 0.322 e. The van der Waals surface area contributed by atoms with Crippen LogP contribution in [-0.4, -0.2) is 16.6 Å². The summed E-state index contributed by atoms with van der Waals surface area (Å²) in [4.78, 5) is 34.0. The summed E-state index contributed by atoms with van der Waals surface area (Å²) in [6, 6.07) is 10.5. The summed E-state index contributed by atoms with van der Waals surface area (Å²) >= 11 is 0. The molecule has 0 heterocycles. The van der Waals surface area contributed by atoms with Gasteiger partial charge in [-0.3, -0.25) is 19.7 Å². The number of Topliss-reactive ketones (excluding diaryl/α,β-unsaturated/α-hetero) is 1. The van der Waals surface area contributed by atoms with Gasteiger partial charge in [0.1, 0.15) is 5.82 Å². The van der Waals surface area contributed by atoms with E-state index in [4.69, 9.17) is 0 Å². The van der Waals surface area contributed by atoms with Crippen LogP contribution in [0.2, 0.25) is 0 Å². The van der Waals surface area contributed by atoms with Gasteiger partial charge in [0.2, 0.25) is 0 Å². The number of non-ortho nitro benzene ring substituents is 1. The maximum atomic E-state index is 12.9. The number of nitrogens with zero attached hydrogens (tertiary/aromatic N) is 1. The van der Waals surface area contributed by atoms with Gasteiger partial charge in [0.15, 0.2) is 5.78 Å². The average Bonchev–Trinajstić information content (AvgIpc) is 2.54. The molecule has 0 saturated heterocycles. The monoisotopic (exact) mass is 328 g/mol. The van der Waals surface area contributed by atoms with Crippen LogP contribution in [0, 0.1) is 15.9 Å². The minimum absolute atomic E-state index is 0.110. The number of rotatable bonds is 5. The van der Waals surface area contributed by atoms with E-state index in [1.807, 2.05) is 0 Å². The number of amides is 1. The molecule has 6 nitrogen and oxygen atoms in total. The molecule has 0 atom stereocenters. The second-order valence-corrected chi connectivity index (χ2v) is 4.92. The van der Waals surface area contributed by atoms with E-state index in [9.17, 15) is 24.1 Å². The number of benzene rings is 2. The topological polar surface area (TPSA) is 89.3 Å². The molecule has 1 N–H and O–H groups in total. The van der Waals surface area contributed by atoms with Crippen molar-refractivity contribution in [2.45, 2.75) is 6.92 Å². The van der Waals surface area contributed by atoms with E-state index in [-0.39, 0.29) is 11.3 Å². The smallest absolute Gasteiger partial charge is 0.269 e. The normalized spacial score (nSPS) is 11.0. The predicted molar refractivity (Wildman–Crippen MR) is 86.8 cm³/mol. The Morgan fingerprint density at radius 2 is 1.67 bits per heavy atom. The number of nitro groups is 1. The van der Waals surface area contributed by atoms with Crippen molar-refractivity contribution in [3.8, 4) is 0 Å². The number of hydrogen-bond acceptors (Lipinski definition) is 4. The number of anilines is 1. The van der Waals surface area contributed by atoms with Crippen LogP contribution >= 0.6 is 0 Å². The average molecular weight is 328 g/mol. The van der Waals surface area contributed by atoms with Crippen LogP contribution in [0.15, 0.2) is 54.1 Å². The summed E-state index contributed by atoms with van der Waals surface area (Å²) in [6.45, 7) is 1.24. The van der Waals surface area contributed by atoms with Crippen LogP contribution in [0.5, 0.6) is 0 Å². The third-order valence-electron chi connectivity index (χ3n) is 3.14. The zero-order valence-electron chi connectivity index (χ0n) is 12.7. The summed E-state index contributed by atoms with van der Waals surface area (Å²) in [5.41, 5.74) is 0.596. The first kappa shape index (κ1) is 17.0. The quantitative estimate of drug-likeness (QED) is 0.300. The molecule has 2 aromatic carbocycles. The van der Waals surface area contributed by atoms with Gasteiger partial charge in [0.05, 0.1) is 10.5 Å². The lowest BCUT2D eigenvalue weighted by Gasteiger charge is -2.07. The Morgan fingerprint density at radius 3 is 2.17 bits per heavy atom. The highest BCUT2D eigenvalue weighted by molar-refractivity contribution is 6.25. The Morgan fingerprint density at radius 1 is 1.08 bits per heavy atom. The van der Waals surface area contributed by atoms with Crippen molar-refractivity contribution < 1.29 is 18.9 Å². The van der Waals surface area contributed by atoms with E-state index in [0.717, 1.165) is 0 Å². The Bertz CT molecular complexity index is 811. The van der Waals surface area contributed by atoms with Gasteiger partial charge >= 0.3 is 0 Å². The third-order valence-corrected chi connectivity index (χ3v) is 3.14. The van der Waals surface area contributed by atoms with Crippen LogP contribution < -0.4 is 5.32 Å². The van der Waals surface area contributed by atoms with Gasteiger partial charge in [0, 0.05) is 17.8 Å². The molecule has 0 aliphatic heterocycles. The minimum Gasteiger partial charge on any atom is -0.322 e. The molecule has 0 fully saturated rings. The molecular weight excluding hydrogens is 315 g/mol. The molecule has 0 saturated carbocycles. The molecule has 0 bridgehead atoms. The Balaban J connectivity index is 2.21. The van der Waals surface area contributed by atoms with E-state index >= 15 is 0 Å². The highest BCUT2D eigenvalue weighted by atomic mass is 19.1. The van der Waals surface area contributed by atoms with Gasteiger partial charge < -0.3 is 5.32 Å². The van der Waals surface area contributed by atoms with E-state index < -0.39 is 22.4 Å². The molecule has 0 aliphatic carbocycles. The molecule has 2 aromatic rings. The minimum atomic E-state index is -0.652. The van der Waals surface area contributed by atoms with E-state index in [1.165, 1.54) is 61.5 Å². The van der Waals surface area contributed by atoms with E-state index in [1.54, 1.807) is 0 Å². The first-order valence-corrected chi connectivity index (χ1v) is 6.91. The van der Waals surface area contributed by atoms with Crippen LogP contribution in [0.25, 0.3) is 6.08 Å². The second kappa shape index (κ2) is 7.28. The molecule has 0 spiro atoms. The molecule has 0 unspecified atom stereocenters. The Kier molecular flexibility index (Phi) is 5.16. The summed E-state index contributed by atoms with van der Waals surface area (Å²) in [7, 11) is 0. The second-order valence-electron chi connectivity index (χ2n) is 4.92. The molecule has 0 aliphatic rings. The summed E-state index contributed by atoms with van der Waals surface area (Å²) < 4.78 is 12.9. The first-order valence-electron chi connectivity index (χ1n) is 6.91. The third kappa shape index (κ3) is 4.33. The van der Waals surface area contributed by atoms with Crippen molar-refractivity contribution in [3.63, 3.8) is 0 Å². The van der Waals surface area contributed by atoms with Crippen molar-refractivity contribution in [3.05, 3.63) is 75.6 Å². The lowest BCUT2D eigenvalue weighted by molar-refractivity contribution is -0.384. The molecular formula is C17H13FN2O4. The zero-order chi connectivity index (χ0) is 17.7. The fourth-order valence-corrected chi connectivity index (χ4v) is 1.92. The van der Waals surface area contributed by atoms with Gasteiger partial charge in [-0.1, -0.05) is 12.1 Å². The molecule has 122 valence electrons. The number of hydrogen-bond donors (Lipinski definition) is 1. The maximum absolute atomic E-state index is 12.9. The highest BCUT2D eigenvalue weighted by Crippen LogP contribution is 2.17. The van der Waals surface area contributed by atoms with Crippen molar-refractivity contribution in [2.75, 3.05) is 5.32 Å². The SMILES string of the molecule is CC(=O)/C(=C\c1ccc(F)cc1)C(=O)Nc1ccc([N+](=O)[O-])cc1. The van der Waals surface area contributed by atoms with Crippen LogP contribution in [-0.2, 0) is 9.59 Å². The zero-order valence-corrected chi connectivity index (χ0v) is 12.7. The van der Waals surface area contributed by atoms with Gasteiger partial charge in [-0.15, -0.1) is 0 Å². The summed E-state index contributed by atoms with van der Waals surface area (Å²) in [5.74, 6) is -1.54. The predicted octanol–water partition coefficient (Wildman–Crippen LogP) is 3.35. The van der Waals surface area contributed by atoms with Crippen molar-refractivity contribution >= 4 is 29.1 Å². The number of halogens is 1. The Hall–Kier alpha value is -3.35. The van der Waals surface area contributed by atoms with Gasteiger partial charge in [-0.2, -0.15) is 0 Å². The lowest BCUT2D eigenvalue weighted by atomic mass is 10.1. The standard InChI is InChI=1S/C17H13FN2O4/c1-11(21)16(10-12-2-4-13(18)5-3-12)17(22)19-14-6-8-15(9-7-14)20(23)24/h2-10H,1H3,(H,19,22)/b16-10+. The van der Waals surface area contributed by atoms with Gasteiger partial charge in [0.25, 0.3) is 11.6 Å². The molecule has 1 amide bonds. The number of nitro benzene ring substituents is 1. The van der Waals surface area contributed by atoms with Gasteiger partial charge in [-0.05, 0) is 42.8 Å². The number of nitrogens with one attached hydrogen (secondary N) is 1. The van der Waals surface area contributed by atoms with E-state index in [2.05, 4.69) is 5.32 Å². The number of carbonyl (C=O) groups excluding carboxylic acids is 2. The fourth-order valence-electron chi connectivity index (χ4n) is 1.92. The molecule has 0 aromatic heterocycles. The summed E-state index contributed by atoms with van der Waals surface area (Å²) in [5, 5.41) is 13.1. The maximum Gasteiger partial charge on any atom is 0.269 e. The number of ketones is 1. The van der Waals surface area contributed by atoms with Crippen LogP contribution in [0.1, 0.15) is 12.5 Å². The van der Waals surface area contributed by atoms with Gasteiger partial charge in [-0.25, -0.2) is 4.39 Å². The molecule has 2 rings (SSSR count). The summed E-state index contributed by atoms with van der Waals surface area (Å²) in [6.07, 6.45) is 1.35. The fraction of sp³-hybridized carbons (Fsp3) is 0.0588. The molecule has 24 heavy (non-hydrogen) atoms. The lowest BCUT2D eigenvalue weighted by Crippen LogP contribution is -2.18. The van der Waals surface area contributed by atoms with Crippen molar-refractivity contribution in [2.24, 2.45) is 0 Å². The Labute approximate surface area is 136 Å². The highest BCUT2D eigenvalue weighted by Gasteiger charge is 2.15. The molecule has 0 radical (unpaired) electrons. The molecule has 7 heteroatoms. The first-order chi connectivity index (χ1) is 11.4.